The van der Waals surface area contributed by atoms with Gasteiger partial charge in [-0.05, 0) is 64.6 Å². The molecule has 4 aromatic rings. The Morgan fingerprint density at radius 2 is 1.65 bits per heavy atom. The maximum Gasteiger partial charge on any atom is 0.229 e. The summed E-state index contributed by atoms with van der Waals surface area (Å²) in [6.07, 6.45) is 2.40. The molecule has 0 radical (unpaired) electrons. The Hall–Kier alpha value is -3.31. The molecule has 1 fully saturated rings. The maximum absolute atomic E-state index is 13.0. The van der Waals surface area contributed by atoms with Gasteiger partial charge in [-0.1, -0.05) is 72.8 Å². The molecular weight excluding hydrogens is 590 g/mol. The first-order valence-corrected chi connectivity index (χ1v) is 15.6. The minimum Gasteiger partial charge on any atom is -0.394 e. The fraction of sp³-hybridized carbons (Fsp3) is 0.267. The van der Waals surface area contributed by atoms with Crippen LogP contribution in [0.4, 0.5) is 17.5 Å². The molecule has 0 spiro atoms. The Labute approximate surface area is 243 Å². The number of rotatable bonds is 12. The summed E-state index contributed by atoms with van der Waals surface area (Å²) in [6, 6.07) is 27.8. The van der Waals surface area contributed by atoms with E-state index in [0.717, 1.165) is 12.0 Å². The SMILES string of the molecule is C[C@H](CO)Nc1nc(Nc2cccc(C3C(NCCC(c4ccccc4)c4ccccc4)S3(=O)=O)c2)ncc1Br. The first-order valence-electron chi connectivity index (χ1n) is 13.2. The van der Waals surface area contributed by atoms with Gasteiger partial charge in [0, 0.05) is 23.8 Å². The lowest BCUT2D eigenvalue weighted by molar-refractivity contribution is 0.281. The van der Waals surface area contributed by atoms with Gasteiger partial charge < -0.3 is 15.7 Å². The summed E-state index contributed by atoms with van der Waals surface area (Å²) in [7, 11) is -3.31. The highest BCUT2D eigenvalue weighted by Gasteiger charge is 2.57. The smallest absolute Gasteiger partial charge is 0.229 e. The molecule has 1 aliphatic rings. The lowest BCUT2D eigenvalue weighted by Crippen LogP contribution is -2.22. The summed E-state index contributed by atoms with van der Waals surface area (Å²) in [4.78, 5) is 8.78. The number of halogens is 1. The second-order valence-corrected chi connectivity index (χ2v) is 13.0. The van der Waals surface area contributed by atoms with Crippen molar-refractivity contribution in [2.24, 2.45) is 0 Å². The number of aliphatic hydroxyl groups is 1. The maximum atomic E-state index is 13.0. The van der Waals surface area contributed by atoms with E-state index in [1.54, 1.807) is 6.20 Å². The Morgan fingerprint density at radius 3 is 2.30 bits per heavy atom. The zero-order valence-corrected chi connectivity index (χ0v) is 24.4. The number of anilines is 3. The Kier molecular flexibility index (Phi) is 8.80. The average Bonchev–Trinajstić information content (AvgIpc) is 3.53. The van der Waals surface area contributed by atoms with Crippen molar-refractivity contribution in [3.05, 3.63) is 112 Å². The summed E-state index contributed by atoms with van der Waals surface area (Å²) >= 11 is 3.42. The van der Waals surface area contributed by atoms with Crippen molar-refractivity contribution < 1.29 is 13.5 Å². The summed E-state index contributed by atoms with van der Waals surface area (Å²) in [5, 5.41) is 17.7. The normalized spacial score (nSPS) is 18.3. The second-order valence-electron chi connectivity index (χ2n) is 9.92. The fourth-order valence-electron chi connectivity index (χ4n) is 4.85. The highest BCUT2D eigenvalue weighted by Crippen LogP contribution is 2.46. The largest absolute Gasteiger partial charge is 0.394 e. The van der Waals surface area contributed by atoms with E-state index in [-0.39, 0.29) is 18.6 Å². The molecule has 4 N–H and O–H groups in total. The number of nitrogens with one attached hydrogen (secondary N) is 3. The van der Waals surface area contributed by atoms with Gasteiger partial charge in [-0.2, -0.15) is 4.98 Å². The van der Waals surface area contributed by atoms with Crippen LogP contribution < -0.4 is 16.0 Å². The molecule has 0 bridgehead atoms. The van der Waals surface area contributed by atoms with E-state index in [4.69, 9.17) is 0 Å². The van der Waals surface area contributed by atoms with Crippen molar-refractivity contribution in [1.82, 2.24) is 15.3 Å². The molecule has 0 saturated carbocycles. The zero-order chi connectivity index (χ0) is 28.1. The Bertz CT molecular complexity index is 1500. The van der Waals surface area contributed by atoms with Crippen LogP contribution in [0, 0.1) is 0 Å². The molecule has 2 heterocycles. The number of nitrogens with zero attached hydrogens (tertiary/aromatic N) is 2. The van der Waals surface area contributed by atoms with Gasteiger partial charge in [0.1, 0.15) is 16.4 Å². The van der Waals surface area contributed by atoms with E-state index in [1.165, 1.54) is 11.1 Å². The first kappa shape index (κ1) is 28.2. The van der Waals surface area contributed by atoms with Gasteiger partial charge in [-0.25, -0.2) is 13.4 Å². The number of benzene rings is 3. The molecule has 1 aromatic heterocycles. The molecule has 10 heteroatoms. The molecule has 0 amide bonds. The third-order valence-corrected chi connectivity index (χ3v) is 9.63. The third-order valence-electron chi connectivity index (χ3n) is 6.96. The molecule has 40 heavy (non-hydrogen) atoms. The minimum atomic E-state index is -3.31. The van der Waals surface area contributed by atoms with Crippen LogP contribution in [-0.4, -0.2) is 48.1 Å². The van der Waals surface area contributed by atoms with Crippen molar-refractivity contribution in [2.45, 2.75) is 35.9 Å². The number of hydrogen-bond donors (Lipinski definition) is 4. The monoisotopic (exact) mass is 621 g/mol. The fourth-order valence-corrected chi connectivity index (χ4v) is 7.10. The van der Waals surface area contributed by atoms with Crippen LogP contribution in [0.15, 0.2) is 95.6 Å². The summed E-state index contributed by atoms with van der Waals surface area (Å²) in [6.45, 7) is 2.38. The third kappa shape index (κ3) is 6.52. The predicted molar refractivity (Wildman–Crippen MR) is 162 cm³/mol. The second kappa shape index (κ2) is 12.5. The average molecular weight is 623 g/mol. The van der Waals surface area contributed by atoms with Crippen LogP contribution >= 0.6 is 15.9 Å². The van der Waals surface area contributed by atoms with Crippen LogP contribution in [0.25, 0.3) is 0 Å². The Morgan fingerprint density at radius 1 is 0.975 bits per heavy atom. The van der Waals surface area contributed by atoms with E-state index >= 15 is 0 Å². The Balaban J connectivity index is 1.25. The van der Waals surface area contributed by atoms with Gasteiger partial charge in [-0.15, -0.1) is 0 Å². The van der Waals surface area contributed by atoms with Crippen LogP contribution in [0.5, 0.6) is 0 Å². The quantitative estimate of drug-likeness (QED) is 0.156. The van der Waals surface area contributed by atoms with Crippen molar-refractivity contribution in [1.29, 1.82) is 0 Å². The van der Waals surface area contributed by atoms with Gasteiger partial charge in [0.25, 0.3) is 0 Å². The van der Waals surface area contributed by atoms with Crippen LogP contribution in [0.1, 0.15) is 41.2 Å². The van der Waals surface area contributed by atoms with Gasteiger partial charge in [0.15, 0.2) is 9.84 Å². The van der Waals surface area contributed by atoms with Crippen molar-refractivity contribution in [3.63, 3.8) is 0 Å². The standard InChI is InChI=1S/C30H32BrN5O3S/c1-20(19-37)34-28-26(31)18-33-30(36-28)35-24-14-8-13-23(17-24)27-29(40(27,38)39)32-16-15-25(21-9-4-2-5-10-21)22-11-6-3-7-12-22/h2-14,17-18,20,25,27,29,32,37H,15-16,19H2,1H3,(H2,33,34,35,36)/t20-,27?,29?/m1/s1. The van der Waals surface area contributed by atoms with Gasteiger partial charge in [0.05, 0.1) is 11.1 Å². The highest BCUT2D eigenvalue weighted by molar-refractivity contribution is 9.10. The van der Waals surface area contributed by atoms with Crippen molar-refractivity contribution in [3.8, 4) is 0 Å². The van der Waals surface area contributed by atoms with Crippen molar-refractivity contribution >= 4 is 43.2 Å². The van der Waals surface area contributed by atoms with E-state index in [9.17, 15) is 13.5 Å². The zero-order valence-electron chi connectivity index (χ0n) is 22.0. The van der Waals surface area contributed by atoms with Crippen LogP contribution in [0.2, 0.25) is 0 Å². The van der Waals surface area contributed by atoms with Crippen molar-refractivity contribution in [2.75, 3.05) is 23.8 Å². The molecule has 208 valence electrons. The molecule has 1 aliphatic heterocycles. The van der Waals surface area contributed by atoms with Gasteiger partial charge >= 0.3 is 0 Å². The number of sulfone groups is 1. The van der Waals surface area contributed by atoms with Gasteiger partial charge in [0.2, 0.25) is 5.95 Å². The minimum absolute atomic E-state index is 0.0362. The topological polar surface area (TPSA) is 116 Å². The van der Waals surface area contributed by atoms with E-state index < -0.39 is 20.5 Å². The molecule has 5 rings (SSSR count). The summed E-state index contributed by atoms with van der Waals surface area (Å²) < 4.78 is 26.6. The molecule has 3 atom stereocenters. The van der Waals surface area contributed by atoms with Crippen LogP contribution in [0.3, 0.4) is 0 Å². The van der Waals surface area contributed by atoms with E-state index in [1.807, 2.05) is 67.6 Å². The lowest BCUT2D eigenvalue weighted by Gasteiger charge is -2.18. The number of aromatic nitrogens is 2. The first-order chi connectivity index (χ1) is 19.4. The lowest BCUT2D eigenvalue weighted by atomic mass is 9.88. The summed E-state index contributed by atoms with van der Waals surface area (Å²) in [5.41, 5.74) is 3.83. The molecular formula is C30H32BrN5O3S. The molecule has 8 nitrogen and oxygen atoms in total. The van der Waals surface area contributed by atoms with E-state index in [0.29, 0.717) is 28.5 Å². The highest BCUT2D eigenvalue weighted by atomic mass is 79.9. The number of hydrogen-bond acceptors (Lipinski definition) is 8. The van der Waals surface area contributed by atoms with Crippen LogP contribution in [-0.2, 0) is 9.84 Å². The molecule has 0 aliphatic carbocycles. The molecule has 1 saturated heterocycles. The molecule has 2 unspecified atom stereocenters. The number of aliphatic hydroxyl groups excluding tert-OH is 1. The molecule has 3 aromatic carbocycles. The summed E-state index contributed by atoms with van der Waals surface area (Å²) in [5.74, 6) is 1.08. The van der Waals surface area contributed by atoms with E-state index in [2.05, 4.69) is 66.1 Å². The van der Waals surface area contributed by atoms with Gasteiger partial charge in [-0.3, -0.25) is 5.32 Å². The predicted octanol–water partition coefficient (Wildman–Crippen LogP) is 5.38.